The summed E-state index contributed by atoms with van der Waals surface area (Å²) < 4.78 is 0. The lowest BCUT2D eigenvalue weighted by atomic mass is 9.65. The van der Waals surface area contributed by atoms with E-state index in [-0.39, 0.29) is 0 Å². The van der Waals surface area contributed by atoms with Gasteiger partial charge in [0.25, 0.3) is 0 Å². The third-order valence-electron chi connectivity index (χ3n) is 12.4. The normalized spacial score (nSPS) is 12.5. The standard InChI is InChI=1S/C57H34N2/c1-59-46-30-26-41(27-31-46)40-20-24-43(25-21-40)45-29-33-52-48-9-3-2-8-47(48)51-32-28-44(42-22-18-39(19-23-42)38-16-14-37(36-58)15-17-38)34-55(51)57(56(52)35-45)53-12-6-4-10-49(53)50-11-5-7-13-54(50)57/h2-35H. The average Bonchev–Trinajstić information content (AvgIpc) is 3.56. The number of hydrogen-bond donors (Lipinski definition) is 0. The van der Waals surface area contributed by atoms with Crippen LogP contribution in [0.15, 0.2) is 206 Å². The maximum atomic E-state index is 9.32. The first-order valence-corrected chi connectivity index (χ1v) is 19.9. The van der Waals surface area contributed by atoms with Gasteiger partial charge in [0.15, 0.2) is 5.69 Å². The van der Waals surface area contributed by atoms with Crippen molar-refractivity contribution in [2.45, 2.75) is 5.41 Å². The van der Waals surface area contributed by atoms with Crippen LogP contribution in [-0.4, -0.2) is 0 Å². The fourth-order valence-corrected chi connectivity index (χ4v) is 9.63. The minimum absolute atomic E-state index is 0.615. The monoisotopic (exact) mass is 746 g/mol. The lowest BCUT2D eigenvalue weighted by Gasteiger charge is -2.36. The Hall–Kier alpha value is -8.04. The molecule has 2 heteroatoms. The van der Waals surface area contributed by atoms with E-state index in [4.69, 9.17) is 6.57 Å². The van der Waals surface area contributed by atoms with E-state index in [9.17, 15) is 5.26 Å². The summed E-state index contributed by atoms with van der Waals surface area (Å²) in [5.41, 5.74) is 22.3. The van der Waals surface area contributed by atoms with Gasteiger partial charge in [0, 0.05) is 0 Å². The van der Waals surface area contributed by atoms with Crippen molar-refractivity contribution in [1.82, 2.24) is 0 Å². The molecule has 0 aromatic heterocycles. The van der Waals surface area contributed by atoms with Crippen molar-refractivity contribution in [3.63, 3.8) is 0 Å². The molecule has 0 bridgehead atoms. The van der Waals surface area contributed by atoms with Crippen LogP contribution in [0.5, 0.6) is 0 Å². The summed E-state index contributed by atoms with van der Waals surface area (Å²) >= 11 is 0. The smallest absolute Gasteiger partial charge is 0.187 e. The van der Waals surface area contributed by atoms with Crippen molar-refractivity contribution in [2.75, 3.05) is 0 Å². The fraction of sp³-hybridized carbons (Fsp3) is 0.0175. The van der Waals surface area contributed by atoms with E-state index in [1.807, 2.05) is 48.5 Å². The molecule has 1 spiro atoms. The second-order valence-corrected chi connectivity index (χ2v) is 15.4. The van der Waals surface area contributed by atoms with Gasteiger partial charge >= 0.3 is 0 Å². The van der Waals surface area contributed by atoms with E-state index in [1.54, 1.807) is 0 Å². The van der Waals surface area contributed by atoms with Crippen molar-refractivity contribution < 1.29 is 0 Å². The summed E-state index contributed by atoms with van der Waals surface area (Å²) in [6, 6.07) is 76.5. The minimum Gasteiger partial charge on any atom is -0.238 e. The topological polar surface area (TPSA) is 28.1 Å². The molecule has 2 aliphatic carbocycles. The number of benzene rings is 9. The van der Waals surface area contributed by atoms with Crippen molar-refractivity contribution in [2.24, 2.45) is 0 Å². The molecule has 272 valence electrons. The SMILES string of the molecule is [C-]#[N+]c1ccc(-c2ccc(-c3ccc4c(c3)C3(c5cc(-c6ccc(-c7ccc(C#N)cc7)cc6)ccc5-c5ccccc5-4)c4ccccc4-c4ccccc43)cc2)cc1. The van der Waals surface area contributed by atoms with Gasteiger partial charge in [0.1, 0.15) is 0 Å². The lowest BCUT2D eigenvalue weighted by Crippen LogP contribution is -2.29. The zero-order chi connectivity index (χ0) is 39.5. The quantitative estimate of drug-likeness (QED) is 0.165. The Balaban J connectivity index is 1.14. The van der Waals surface area contributed by atoms with Crippen LogP contribution in [0.3, 0.4) is 0 Å². The molecule has 0 radical (unpaired) electrons. The molecule has 0 heterocycles. The molecule has 2 aliphatic rings. The summed E-state index contributed by atoms with van der Waals surface area (Å²) in [6.07, 6.45) is 0. The Labute approximate surface area is 344 Å². The van der Waals surface area contributed by atoms with Crippen LogP contribution in [0, 0.1) is 17.9 Å². The van der Waals surface area contributed by atoms with E-state index in [0.29, 0.717) is 11.3 Å². The molecule has 59 heavy (non-hydrogen) atoms. The van der Waals surface area contributed by atoms with Crippen molar-refractivity contribution in [1.29, 1.82) is 5.26 Å². The van der Waals surface area contributed by atoms with Gasteiger partial charge in [-0.25, -0.2) is 4.85 Å². The molecule has 0 saturated carbocycles. The fourth-order valence-electron chi connectivity index (χ4n) is 9.63. The Bertz CT molecular complexity index is 2970. The number of rotatable bonds is 4. The number of hydrogen-bond acceptors (Lipinski definition) is 1. The molecule has 2 nitrogen and oxygen atoms in total. The van der Waals surface area contributed by atoms with Gasteiger partial charge in [0.2, 0.25) is 0 Å². The third kappa shape index (κ3) is 5.32. The zero-order valence-electron chi connectivity index (χ0n) is 32.0. The first kappa shape index (κ1) is 34.2. The highest BCUT2D eigenvalue weighted by molar-refractivity contribution is 5.98. The van der Waals surface area contributed by atoms with Crippen LogP contribution >= 0.6 is 0 Å². The first-order valence-electron chi connectivity index (χ1n) is 19.9. The molecule has 0 atom stereocenters. The number of nitriles is 1. The molecule has 9 aromatic carbocycles. The largest absolute Gasteiger partial charge is 0.238 e. The zero-order valence-corrected chi connectivity index (χ0v) is 32.0. The van der Waals surface area contributed by atoms with Gasteiger partial charge in [-0.05, 0) is 124 Å². The molecule has 0 N–H and O–H groups in total. The highest BCUT2D eigenvalue weighted by Gasteiger charge is 2.49. The Morgan fingerprint density at radius 1 is 0.339 bits per heavy atom. The van der Waals surface area contributed by atoms with Crippen molar-refractivity contribution >= 4 is 5.69 Å². The molecule has 0 aliphatic heterocycles. The molecule has 0 unspecified atom stereocenters. The second-order valence-electron chi connectivity index (χ2n) is 15.4. The summed E-state index contributed by atoms with van der Waals surface area (Å²) in [5.74, 6) is 0. The molecule has 0 fully saturated rings. The van der Waals surface area contributed by atoms with Gasteiger partial charge in [0.05, 0.1) is 23.6 Å². The van der Waals surface area contributed by atoms with Crippen LogP contribution < -0.4 is 0 Å². The van der Waals surface area contributed by atoms with Crippen LogP contribution in [0.4, 0.5) is 5.69 Å². The van der Waals surface area contributed by atoms with Crippen LogP contribution in [0.2, 0.25) is 0 Å². The maximum Gasteiger partial charge on any atom is 0.187 e. The Morgan fingerprint density at radius 3 is 1.07 bits per heavy atom. The highest BCUT2D eigenvalue weighted by atomic mass is 14.6. The van der Waals surface area contributed by atoms with E-state index >= 15 is 0 Å². The lowest BCUT2D eigenvalue weighted by molar-refractivity contribution is 0.776. The third-order valence-corrected chi connectivity index (χ3v) is 12.4. The second kappa shape index (κ2) is 13.6. The van der Waals surface area contributed by atoms with Crippen LogP contribution in [0.1, 0.15) is 27.8 Å². The molecule has 11 rings (SSSR count). The molecular formula is C57H34N2. The summed E-state index contributed by atoms with van der Waals surface area (Å²) in [6.45, 7) is 7.36. The Morgan fingerprint density at radius 2 is 0.661 bits per heavy atom. The molecule has 0 saturated heterocycles. The molecule has 9 aromatic rings. The van der Waals surface area contributed by atoms with Gasteiger partial charge in [-0.1, -0.05) is 182 Å². The van der Waals surface area contributed by atoms with E-state index in [0.717, 1.165) is 44.5 Å². The van der Waals surface area contributed by atoms with E-state index in [1.165, 1.54) is 55.6 Å². The van der Waals surface area contributed by atoms with Crippen LogP contribution in [-0.2, 0) is 5.41 Å². The van der Waals surface area contributed by atoms with Crippen LogP contribution in [0.25, 0.3) is 82.7 Å². The number of fused-ring (bicyclic) bond motifs is 12. The predicted octanol–water partition coefficient (Wildman–Crippen LogP) is 14.8. The van der Waals surface area contributed by atoms with E-state index < -0.39 is 5.41 Å². The van der Waals surface area contributed by atoms with Crippen molar-refractivity contribution in [3.05, 3.63) is 245 Å². The van der Waals surface area contributed by atoms with Gasteiger partial charge in [-0.3, -0.25) is 0 Å². The van der Waals surface area contributed by atoms with Gasteiger partial charge in [-0.2, -0.15) is 5.26 Å². The number of nitrogens with zero attached hydrogens (tertiary/aromatic N) is 2. The highest BCUT2D eigenvalue weighted by Crippen LogP contribution is 2.62. The first-order chi connectivity index (χ1) is 29.1. The minimum atomic E-state index is -0.615. The summed E-state index contributed by atoms with van der Waals surface area (Å²) in [4.78, 5) is 3.57. The maximum absolute atomic E-state index is 9.32. The summed E-state index contributed by atoms with van der Waals surface area (Å²) in [7, 11) is 0. The molecular weight excluding hydrogens is 713 g/mol. The van der Waals surface area contributed by atoms with Gasteiger partial charge < -0.3 is 0 Å². The average molecular weight is 747 g/mol. The van der Waals surface area contributed by atoms with Gasteiger partial charge in [-0.15, -0.1) is 0 Å². The van der Waals surface area contributed by atoms with E-state index in [2.05, 4.69) is 169 Å². The summed E-state index contributed by atoms with van der Waals surface area (Å²) in [5, 5.41) is 9.32. The van der Waals surface area contributed by atoms with Crippen molar-refractivity contribution in [3.8, 4) is 84.0 Å². The molecule has 0 amide bonds. The predicted molar refractivity (Wildman–Crippen MR) is 241 cm³/mol. The Kier molecular flexibility index (Phi) is 7.87.